The lowest BCUT2D eigenvalue weighted by molar-refractivity contribution is 0.0954. The molecule has 0 radical (unpaired) electrons. The third-order valence-corrected chi connectivity index (χ3v) is 4.09. The molecule has 4 heteroatoms. The van der Waals surface area contributed by atoms with Gasteiger partial charge in [0, 0.05) is 17.7 Å². The van der Waals surface area contributed by atoms with Crippen LogP contribution in [-0.2, 0) is 0 Å². The smallest absolute Gasteiger partial charge is 0.271 e. The van der Waals surface area contributed by atoms with Crippen LogP contribution in [0.5, 0.6) is 5.75 Å². The Morgan fingerprint density at radius 2 is 2.30 bits per heavy atom. The van der Waals surface area contributed by atoms with Gasteiger partial charge in [-0.3, -0.25) is 4.79 Å². The lowest BCUT2D eigenvalue weighted by Gasteiger charge is -2.11. The van der Waals surface area contributed by atoms with Gasteiger partial charge < -0.3 is 4.74 Å². The fourth-order valence-electron chi connectivity index (χ4n) is 3.02. The molecule has 2 aliphatic rings. The largest absolute Gasteiger partial charge is 0.497 e. The molecule has 0 heterocycles. The number of amides is 1. The number of ether oxygens (including phenoxy) is 1. The number of hydrogen-bond donors (Lipinski definition) is 1. The van der Waals surface area contributed by atoms with Crippen molar-refractivity contribution in [3.8, 4) is 5.75 Å². The third kappa shape index (κ3) is 2.59. The molecular formula is C16H18N2O2. The van der Waals surface area contributed by atoms with Crippen molar-refractivity contribution in [1.29, 1.82) is 0 Å². The number of hydrazone groups is 1. The molecule has 20 heavy (non-hydrogen) atoms. The molecule has 3 atom stereocenters. The average molecular weight is 270 g/mol. The van der Waals surface area contributed by atoms with Crippen LogP contribution in [0.25, 0.3) is 0 Å². The zero-order valence-electron chi connectivity index (χ0n) is 11.5. The van der Waals surface area contributed by atoms with Crippen molar-refractivity contribution >= 4 is 12.1 Å². The first kappa shape index (κ1) is 12.9. The van der Waals surface area contributed by atoms with E-state index < -0.39 is 0 Å². The van der Waals surface area contributed by atoms with Gasteiger partial charge in [-0.25, -0.2) is 5.43 Å². The van der Waals surface area contributed by atoms with E-state index in [1.807, 2.05) is 12.3 Å². The maximum atomic E-state index is 12.0. The van der Waals surface area contributed by atoms with Crippen molar-refractivity contribution in [3.63, 3.8) is 0 Å². The zero-order chi connectivity index (χ0) is 13.9. The Balaban J connectivity index is 1.57. The Kier molecular flexibility index (Phi) is 3.54. The van der Waals surface area contributed by atoms with Gasteiger partial charge in [-0.15, -0.1) is 0 Å². The molecule has 1 amide bonds. The van der Waals surface area contributed by atoms with Crippen LogP contribution in [0, 0.1) is 17.8 Å². The topological polar surface area (TPSA) is 50.7 Å². The number of fused-ring (bicyclic) bond motifs is 2. The Morgan fingerprint density at radius 3 is 3.00 bits per heavy atom. The Bertz CT molecular complexity index is 565. The van der Waals surface area contributed by atoms with Crippen LogP contribution in [0.15, 0.2) is 41.5 Å². The number of allylic oxidation sites excluding steroid dienone is 2. The Morgan fingerprint density at radius 1 is 1.40 bits per heavy atom. The molecule has 1 aromatic rings. The van der Waals surface area contributed by atoms with Gasteiger partial charge in [0.05, 0.1) is 7.11 Å². The van der Waals surface area contributed by atoms with Crippen LogP contribution >= 0.6 is 0 Å². The van der Waals surface area contributed by atoms with Gasteiger partial charge in [-0.1, -0.05) is 18.2 Å². The van der Waals surface area contributed by atoms with Crippen LogP contribution in [0.2, 0.25) is 0 Å². The number of benzene rings is 1. The minimum atomic E-state index is -0.209. The van der Waals surface area contributed by atoms with Crippen molar-refractivity contribution in [1.82, 2.24) is 5.43 Å². The molecule has 0 spiro atoms. The fraction of sp³-hybridized carbons (Fsp3) is 0.375. The van der Waals surface area contributed by atoms with Crippen molar-refractivity contribution in [2.75, 3.05) is 7.11 Å². The summed E-state index contributed by atoms with van der Waals surface area (Å²) in [6.45, 7) is 0. The van der Waals surface area contributed by atoms with Crippen molar-refractivity contribution in [2.45, 2.75) is 12.8 Å². The van der Waals surface area contributed by atoms with Gasteiger partial charge in [0.1, 0.15) is 5.75 Å². The number of nitrogens with one attached hydrogen (secondary N) is 1. The molecule has 0 saturated heterocycles. The van der Waals surface area contributed by atoms with Gasteiger partial charge in [0.15, 0.2) is 0 Å². The van der Waals surface area contributed by atoms with E-state index in [1.54, 1.807) is 25.3 Å². The summed E-state index contributed by atoms with van der Waals surface area (Å²) in [5.41, 5.74) is 3.14. The molecule has 104 valence electrons. The summed E-state index contributed by atoms with van der Waals surface area (Å²) in [5.74, 6) is 2.25. The molecule has 3 rings (SSSR count). The van der Waals surface area contributed by atoms with E-state index in [9.17, 15) is 4.79 Å². The van der Waals surface area contributed by atoms with Crippen LogP contribution in [0.1, 0.15) is 23.2 Å². The van der Waals surface area contributed by atoms with Crippen LogP contribution < -0.4 is 10.2 Å². The van der Waals surface area contributed by atoms with Crippen LogP contribution in [0.3, 0.4) is 0 Å². The highest BCUT2D eigenvalue weighted by atomic mass is 16.5. The number of nitrogens with zero attached hydrogens (tertiary/aromatic N) is 1. The quantitative estimate of drug-likeness (QED) is 0.519. The standard InChI is InChI=1S/C16H18N2O2/c1-20-15-4-2-3-13(9-15)16(19)18-17-10-14-8-11-5-6-12(14)7-11/h2-6,9-12,14H,7-8H2,1H3,(H,18,19)/b17-10+. The minimum Gasteiger partial charge on any atom is -0.497 e. The summed E-state index contributed by atoms with van der Waals surface area (Å²) >= 11 is 0. The summed E-state index contributed by atoms with van der Waals surface area (Å²) in [7, 11) is 1.58. The first-order valence-corrected chi connectivity index (χ1v) is 6.92. The Hall–Kier alpha value is -2.10. The van der Waals surface area contributed by atoms with E-state index >= 15 is 0 Å². The van der Waals surface area contributed by atoms with Gasteiger partial charge in [-0.05, 0) is 42.9 Å². The summed E-state index contributed by atoms with van der Waals surface area (Å²) in [6.07, 6.45) is 8.84. The summed E-state index contributed by atoms with van der Waals surface area (Å²) < 4.78 is 5.10. The van der Waals surface area contributed by atoms with Crippen LogP contribution in [0.4, 0.5) is 0 Å². The van der Waals surface area contributed by atoms with E-state index in [1.165, 1.54) is 6.42 Å². The minimum absolute atomic E-state index is 0.209. The van der Waals surface area contributed by atoms with Crippen molar-refractivity contribution in [2.24, 2.45) is 22.9 Å². The molecule has 2 bridgehead atoms. The SMILES string of the molecule is COc1cccc(C(=O)N/N=C/C2CC3C=CC2C3)c1. The van der Waals surface area contributed by atoms with Gasteiger partial charge in [0.25, 0.3) is 5.91 Å². The predicted octanol–water partition coefficient (Wildman–Crippen LogP) is 2.62. The maximum Gasteiger partial charge on any atom is 0.271 e. The molecule has 1 saturated carbocycles. The zero-order valence-corrected chi connectivity index (χ0v) is 11.5. The monoisotopic (exact) mass is 270 g/mol. The van der Waals surface area contributed by atoms with Crippen LogP contribution in [-0.4, -0.2) is 19.2 Å². The second-order valence-corrected chi connectivity index (χ2v) is 5.40. The van der Waals surface area contributed by atoms with Gasteiger partial charge in [-0.2, -0.15) is 5.10 Å². The normalized spacial score (nSPS) is 27.1. The highest BCUT2D eigenvalue weighted by Gasteiger charge is 2.34. The predicted molar refractivity (Wildman–Crippen MR) is 77.8 cm³/mol. The number of rotatable bonds is 4. The summed E-state index contributed by atoms with van der Waals surface area (Å²) in [6, 6.07) is 7.04. The average Bonchev–Trinajstić information content (AvgIpc) is 3.10. The second-order valence-electron chi connectivity index (χ2n) is 5.40. The highest BCUT2D eigenvalue weighted by molar-refractivity contribution is 5.94. The fourth-order valence-corrected chi connectivity index (χ4v) is 3.02. The Labute approximate surface area is 118 Å². The lowest BCUT2D eigenvalue weighted by Crippen LogP contribution is -2.19. The van der Waals surface area contributed by atoms with Gasteiger partial charge >= 0.3 is 0 Å². The first-order valence-electron chi connectivity index (χ1n) is 6.92. The third-order valence-electron chi connectivity index (χ3n) is 4.09. The molecular weight excluding hydrogens is 252 g/mol. The molecule has 1 N–H and O–H groups in total. The molecule has 0 aliphatic heterocycles. The van der Waals surface area contributed by atoms with E-state index in [-0.39, 0.29) is 5.91 Å². The van der Waals surface area contributed by atoms with Crippen molar-refractivity contribution in [3.05, 3.63) is 42.0 Å². The van der Waals surface area contributed by atoms with Gasteiger partial charge in [0.2, 0.25) is 0 Å². The van der Waals surface area contributed by atoms with E-state index in [4.69, 9.17) is 4.74 Å². The van der Waals surface area contributed by atoms with E-state index in [2.05, 4.69) is 22.7 Å². The molecule has 1 fully saturated rings. The maximum absolute atomic E-state index is 12.0. The molecule has 2 aliphatic carbocycles. The second kappa shape index (κ2) is 5.49. The number of hydrogen-bond acceptors (Lipinski definition) is 3. The van der Waals surface area contributed by atoms with E-state index in [0.29, 0.717) is 29.1 Å². The lowest BCUT2D eigenvalue weighted by atomic mass is 9.95. The number of carbonyl (C=O) groups is 1. The molecule has 0 aromatic heterocycles. The first-order chi connectivity index (χ1) is 9.76. The molecule has 4 nitrogen and oxygen atoms in total. The summed E-state index contributed by atoms with van der Waals surface area (Å²) in [4.78, 5) is 12.0. The molecule has 1 aromatic carbocycles. The molecule has 3 unspecified atom stereocenters. The van der Waals surface area contributed by atoms with Crippen molar-refractivity contribution < 1.29 is 9.53 Å². The summed E-state index contributed by atoms with van der Waals surface area (Å²) in [5, 5.41) is 4.10. The van der Waals surface area contributed by atoms with E-state index in [0.717, 1.165) is 6.42 Å². The highest BCUT2D eigenvalue weighted by Crippen LogP contribution is 2.42. The number of methoxy groups -OCH3 is 1. The number of carbonyl (C=O) groups excluding carboxylic acids is 1.